The third-order valence-corrected chi connectivity index (χ3v) is 5.39. The molecule has 10 heteroatoms. The van der Waals surface area contributed by atoms with Crippen molar-refractivity contribution in [3.05, 3.63) is 69.9 Å². The summed E-state index contributed by atoms with van der Waals surface area (Å²) >= 11 is 0. The molecule has 1 N–H and O–H groups in total. The van der Waals surface area contributed by atoms with Crippen molar-refractivity contribution in [2.75, 3.05) is 38.2 Å². The number of hydrogen-bond donors (Lipinski definition) is 1. The van der Waals surface area contributed by atoms with Gasteiger partial charge in [-0.15, -0.1) is 0 Å². The van der Waals surface area contributed by atoms with E-state index >= 15 is 0 Å². The van der Waals surface area contributed by atoms with E-state index < -0.39 is 10.9 Å². The third-order valence-electron chi connectivity index (χ3n) is 5.39. The lowest BCUT2D eigenvalue weighted by atomic mass is 10.1. The van der Waals surface area contributed by atoms with E-state index in [0.29, 0.717) is 43.1 Å². The van der Waals surface area contributed by atoms with Gasteiger partial charge in [-0.2, -0.15) is 5.10 Å². The Morgan fingerprint density at radius 1 is 1.16 bits per heavy atom. The summed E-state index contributed by atoms with van der Waals surface area (Å²) in [6.07, 6.45) is 2.68. The zero-order valence-corrected chi connectivity index (χ0v) is 17.4. The molecule has 1 aliphatic rings. The average Bonchev–Trinajstić information content (AvgIpc) is 3.26. The van der Waals surface area contributed by atoms with Gasteiger partial charge in [-0.1, -0.05) is 24.3 Å². The molecule has 0 atom stereocenters. The first kappa shape index (κ1) is 21.0. The van der Waals surface area contributed by atoms with Gasteiger partial charge < -0.3 is 14.5 Å². The van der Waals surface area contributed by atoms with E-state index in [1.807, 2.05) is 29.2 Å². The number of amides is 1. The zero-order chi connectivity index (χ0) is 22.7. The van der Waals surface area contributed by atoms with Gasteiger partial charge in [0.1, 0.15) is 5.69 Å². The molecule has 1 amide bonds. The van der Waals surface area contributed by atoms with E-state index in [2.05, 4.69) is 14.9 Å². The lowest BCUT2D eigenvalue weighted by molar-refractivity contribution is -0.384. The first-order valence-corrected chi connectivity index (χ1v) is 9.99. The lowest BCUT2D eigenvalue weighted by Crippen LogP contribution is -2.49. The van der Waals surface area contributed by atoms with E-state index in [4.69, 9.17) is 0 Å². The van der Waals surface area contributed by atoms with Gasteiger partial charge in [-0.25, -0.2) is 4.79 Å². The van der Waals surface area contributed by atoms with Gasteiger partial charge in [-0.3, -0.25) is 20.0 Å². The van der Waals surface area contributed by atoms with Crippen molar-refractivity contribution in [2.24, 2.45) is 0 Å². The molecule has 1 saturated heterocycles. The molecule has 4 rings (SSSR count). The van der Waals surface area contributed by atoms with E-state index in [1.165, 1.54) is 25.3 Å². The van der Waals surface area contributed by atoms with Crippen LogP contribution in [0.5, 0.6) is 0 Å². The monoisotopic (exact) mass is 435 g/mol. The number of hydrogen-bond acceptors (Lipinski definition) is 7. The fraction of sp³-hybridized carbons (Fsp3) is 0.227. The maximum atomic E-state index is 13.0. The first-order valence-electron chi connectivity index (χ1n) is 9.99. The van der Waals surface area contributed by atoms with Crippen LogP contribution in [0.15, 0.2) is 48.5 Å². The summed E-state index contributed by atoms with van der Waals surface area (Å²) in [5.74, 6) is -0.706. The van der Waals surface area contributed by atoms with Crippen LogP contribution >= 0.6 is 0 Å². The predicted octanol–water partition coefficient (Wildman–Crippen LogP) is 2.62. The van der Waals surface area contributed by atoms with Crippen LogP contribution in [0.25, 0.3) is 17.0 Å². The summed E-state index contributed by atoms with van der Waals surface area (Å²) < 4.78 is 4.54. The number of nitro benzene ring substituents is 1. The molecule has 0 aliphatic carbocycles. The molecule has 2 heterocycles. The molecule has 0 spiro atoms. The van der Waals surface area contributed by atoms with Crippen LogP contribution in [0.3, 0.4) is 0 Å². The Balaban J connectivity index is 1.49. The number of nitrogens with zero attached hydrogens (tertiary/aromatic N) is 4. The maximum Gasteiger partial charge on any atom is 0.330 e. The second-order valence-corrected chi connectivity index (χ2v) is 7.26. The van der Waals surface area contributed by atoms with Gasteiger partial charge in [0, 0.05) is 43.7 Å². The van der Waals surface area contributed by atoms with Crippen molar-refractivity contribution in [3.63, 3.8) is 0 Å². The fourth-order valence-corrected chi connectivity index (χ4v) is 3.72. The Bertz CT molecular complexity index is 1210. The third kappa shape index (κ3) is 4.15. The molecule has 32 heavy (non-hydrogen) atoms. The van der Waals surface area contributed by atoms with Gasteiger partial charge in [0.2, 0.25) is 0 Å². The fourth-order valence-electron chi connectivity index (χ4n) is 3.72. The quantitative estimate of drug-likeness (QED) is 0.283. The van der Waals surface area contributed by atoms with E-state index in [1.54, 1.807) is 17.0 Å². The number of H-pyrrole nitrogens is 1. The molecule has 1 aromatic heterocycles. The zero-order valence-electron chi connectivity index (χ0n) is 17.4. The van der Waals surface area contributed by atoms with Gasteiger partial charge >= 0.3 is 5.97 Å². The van der Waals surface area contributed by atoms with Gasteiger partial charge in [0.25, 0.3) is 11.6 Å². The summed E-state index contributed by atoms with van der Waals surface area (Å²) in [6.45, 7) is 1.74. The molecular weight excluding hydrogens is 414 g/mol. The number of aromatic nitrogens is 2. The summed E-state index contributed by atoms with van der Waals surface area (Å²) in [7, 11) is 1.26. The number of para-hydroxylation sites is 1. The Labute approximate surface area is 183 Å². The number of piperazine rings is 1. The van der Waals surface area contributed by atoms with Crippen molar-refractivity contribution < 1.29 is 19.2 Å². The van der Waals surface area contributed by atoms with Crippen LogP contribution in [0.2, 0.25) is 0 Å². The largest absolute Gasteiger partial charge is 0.466 e. The molecule has 1 fully saturated rings. The highest BCUT2D eigenvalue weighted by atomic mass is 16.6. The SMILES string of the molecule is COC(=O)/C=C/c1ccc(N2CCN(C(=O)c3n[nH]c4ccccc34)CC2)c([N+](=O)[O-])c1. The standard InChI is InChI=1S/C22H21N5O5/c1-32-20(28)9-7-15-6-8-18(19(14-15)27(30)31)25-10-12-26(13-11-25)22(29)21-16-4-2-3-5-17(16)23-24-21/h2-9,14H,10-13H2,1H3,(H,23,24)/b9-7+. The smallest absolute Gasteiger partial charge is 0.330 e. The van der Waals surface area contributed by atoms with Crippen molar-refractivity contribution in [3.8, 4) is 0 Å². The first-order chi connectivity index (χ1) is 15.5. The van der Waals surface area contributed by atoms with Gasteiger partial charge in [0.05, 0.1) is 17.5 Å². The Kier molecular flexibility index (Phi) is 5.84. The van der Waals surface area contributed by atoms with Crippen LogP contribution in [-0.4, -0.2) is 65.2 Å². The second-order valence-electron chi connectivity index (χ2n) is 7.26. The van der Waals surface area contributed by atoms with E-state index in [9.17, 15) is 19.7 Å². The molecule has 2 aromatic carbocycles. The summed E-state index contributed by atoms with van der Waals surface area (Å²) in [4.78, 5) is 39.0. The second kappa shape index (κ2) is 8.88. The molecule has 0 saturated carbocycles. The average molecular weight is 435 g/mol. The van der Waals surface area contributed by atoms with Gasteiger partial charge in [0.15, 0.2) is 5.69 Å². The number of nitro groups is 1. The number of nitrogens with one attached hydrogen (secondary N) is 1. The van der Waals surface area contributed by atoms with Crippen molar-refractivity contribution in [2.45, 2.75) is 0 Å². The Morgan fingerprint density at radius 2 is 1.91 bits per heavy atom. The highest BCUT2D eigenvalue weighted by molar-refractivity contribution is 6.04. The number of aromatic amines is 1. The molecule has 3 aromatic rings. The van der Waals surface area contributed by atoms with Crippen molar-refractivity contribution in [1.82, 2.24) is 15.1 Å². The molecule has 0 radical (unpaired) electrons. The number of methoxy groups -OCH3 is 1. The van der Waals surface area contributed by atoms with Gasteiger partial charge in [-0.05, 0) is 23.8 Å². The van der Waals surface area contributed by atoms with Crippen LogP contribution in [0.4, 0.5) is 11.4 Å². The number of fused-ring (bicyclic) bond motifs is 1. The molecule has 164 valence electrons. The molecule has 0 unspecified atom stereocenters. The number of benzene rings is 2. The van der Waals surface area contributed by atoms with E-state index in [-0.39, 0.29) is 11.6 Å². The molecular formula is C22H21N5O5. The number of carbonyl (C=O) groups is 2. The number of carbonyl (C=O) groups excluding carboxylic acids is 2. The van der Waals surface area contributed by atoms with Crippen molar-refractivity contribution >= 4 is 40.2 Å². The van der Waals surface area contributed by atoms with Crippen LogP contribution in [0, 0.1) is 10.1 Å². The predicted molar refractivity (Wildman–Crippen MR) is 118 cm³/mol. The minimum absolute atomic E-state index is 0.0601. The summed E-state index contributed by atoms with van der Waals surface area (Å²) in [6, 6.07) is 12.2. The van der Waals surface area contributed by atoms with E-state index in [0.717, 1.165) is 10.9 Å². The number of ether oxygens (including phenoxy) is 1. The van der Waals surface area contributed by atoms with Crippen LogP contribution < -0.4 is 4.90 Å². The topological polar surface area (TPSA) is 122 Å². The minimum Gasteiger partial charge on any atom is -0.466 e. The Hall–Kier alpha value is -4.21. The molecule has 0 bridgehead atoms. The molecule has 1 aliphatic heterocycles. The number of anilines is 1. The molecule has 10 nitrogen and oxygen atoms in total. The minimum atomic E-state index is -0.540. The van der Waals surface area contributed by atoms with Crippen LogP contribution in [-0.2, 0) is 9.53 Å². The summed E-state index contributed by atoms with van der Waals surface area (Å²) in [5.41, 5.74) is 2.11. The number of esters is 1. The maximum absolute atomic E-state index is 13.0. The normalized spacial score (nSPS) is 14.2. The summed E-state index contributed by atoms with van der Waals surface area (Å²) in [5, 5.41) is 19.5. The Morgan fingerprint density at radius 3 is 2.62 bits per heavy atom. The van der Waals surface area contributed by atoms with Crippen LogP contribution in [0.1, 0.15) is 16.1 Å². The van der Waals surface area contributed by atoms with Crippen molar-refractivity contribution in [1.29, 1.82) is 0 Å². The lowest BCUT2D eigenvalue weighted by Gasteiger charge is -2.35. The number of rotatable bonds is 5. The highest BCUT2D eigenvalue weighted by Crippen LogP contribution is 2.31. The highest BCUT2D eigenvalue weighted by Gasteiger charge is 2.28.